The van der Waals surface area contributed by atoms with E-state index in [9.17, 15) is 9.59 Å². The molecule has 1 saturated heterocycles. The van der Waals surface area contributed by atoms with Crippen LogP contribution in [0.5, 0.6) is 0 Å². The van der Waals surface area contributed by atoms with E-state index in [0.717, 1.165) is 5.69 Å². The number of rotatable bonds is 4. The first-order chi connectivity index (χ1) is 9.13. The zero-order valence-corrected chi connectivity index (χ0v) is 10.8. The number of ether oxygens (including phenoxy) is 1. The molecular formula is C14H17NO4. The van der Waals surface area contributed by atoms with Gasteiger partial charge in [-0.2, -0.15) is 0 Å². The van der Waals surface area contributed by atoms with E-state index in [0.29, 0.717) is 18.6 Å². The van der Waals surface area contributed by atoms with E-state index in [1.807, 2.05) is 0 Å². The van der Waals surface area contributed by atoms with Gasteiger partial charge in [-0.25, -0.2) is 0 Å². The third kappa shape index (κ3) is 3.00. The van der Waals surface area contributed by atoms with E-state index in [1.54, 1.807) is 29.2 Å². The summed E-state index contributed by atoms with van der Waals surface area (Å²) in [5, 5.41) is 9.05. The van der Waals surface area contributed by atoms with E-state index in [-0.39, 0.29) is 30.9 Å². The number of carbonyl (C=O) groups excluding carboxylic acids is 2. The first-order valence-corrected chi connectivity index (χ1v) is 6.25. The second kappa shape index (κ2) is 5.95. The third-order valence-electron chi connectivity index (χ3n) is 3.18. The van der Waals surface area contributed by atoms with Crippen LogP contribution >= 0.6 is 0 Å². The van der Waals surface area contributed by atoms with Crippen LogP contribution in [-0.2, 0) is 9.53 Å². The Kier molecular flexibility index (Phi) is 4.29. The number of aliphatic hydroxyl groups is 1. The summed E-state index contributed by atoms with van der Waals surface area (Å²) in [5.74, 6) is -0.132. The second-order valence-corrected chi connectivity index (χ2v) is 4.55. The Morgan fingerprint density at radius 3 is 2.68 bits per heavy atom. The number of Topliss-reactive ketones (excluding diaryl/α,β-unsaturated/α-hetero) is 1. The predicted octanol–water partition coefficient (Wildman–Crippen LogP) is 1.00. The predicted molar refractivity (Wildman–Crippen MR) is 70.2 cm³/mol. The van der Waals surface area contributed by atoms with E-state index in [1.165, 1.54) is 6.92 Å². The molecule has 0 aromatic heterocycles. The van der Waals surface area contributed by atoms with E-state index >= 15 is 0 Å². The highest BCUT2D eigenvalue weighted by molar-refractivity contribution is 5.97. The molecule has 0 saturated carbocycles. The van der Waals surface area contributed by atoms with Gasteiger partial charge in [-0.3, -0.25) is 9.59 Å². The van der Waals surface area contributed by atoms with Gasteiger partial charge in [-0.1, -0.05) is 0 Å². The van der Waals surface area contributed by atoms with Crippen molar-refractivity contribution in [3.05, 3.63) is 29.8 Å². The number of carbonyl (C=O) groups is 2. The molecule has 1 N–H and O–H groups in total. The summed E-state index contributed by atoms with van der Waals surface area (Å²) in [4.78, 5) is 24.8. The molecule has 1 amide bonds. The lowest BCUT2D eigenvalue weighted by Crippen LogP contribution is -2.50. The second-order valence-electron chi connectivity index (χ2n) is 4.55. The number of anilines is 1. The maximum absolute atomic E-state index is 12.0. The van der Waals surface area contributed by atoms with Crippen LogP contribution in [0.25, 0.3) is 0 Å². The Morgan fingerprint density at radius 2 is 2.11 bits per heavy atom. The molecule has 1 aromatic carbocycles. The number of hydrogen-bond donors (Lipinski definition) is 1. The topological polar surface area (TPSA) is 66.8 Å². The summed E-state index contributed by atoms with van der Waals surface area (Å²) in [5.41, 5.74) is 1.35. The fraction of sp³-hybridized carbons (Fsp3) is 0.429. The van der Waals surface area contributed by atoms with E-state index < -0.39 is 0 Å². The fourth-order valence-electron chi connectivity index (χ4n) is 2.20. The third-order valence-corrected chi connectivity index (χ3v) is 3.18. The van der Waals surface area contributed by atoms with Crippen LogP contribution in [-0.4, -0.2) is 42.7 Å². The number of morpholine rings is 1. The monoisotopic (exact) mass is 263 g/mol. The van der Waals surface area contributed by atoms with Crippen LogP contribution in [0.15, 0.2) is 24.3 Å². The van der Waals surface area contributed by atoms with Crippen LogP contribution in [0.4, 0.5) is 5.69 Å². The number of hydrogen-bond acceptors (Lipinski definition) is 4. The Bertz CT molecular complexity index is 467. The summed E-state index contributed by atoms with van der Waals surface area (Å²) < 4.78 is 5.20. The zero-order valence-electron chi connectivity index (χ0n) is 10.8. The van der Waals surface area contributed by atoms with Crippen LogP contribution in [0.3, 0.4) is 0 Å². The first-order valence-electron chi connectivity index (χ1n) is 6.25. The van der Waals surface area contributed by atoms with Crippen LogP contribution < -0.4 is 4.90 Å². The van der Waals surface area contributed by atoms with Gasteiger partial charge in [0.2, 0.25) is 0 Å². The molecule has 1 heterocycles. The molecule has 2 rings (SSSR count). The number of benzene rings is 1. The summed E-state index contributed by atoms with van der Waals surface area (Å²) in [6.07, 6.45) is 0.472. The quantitative estimate of drug-likeness (QED) is 0.823. The van der Waals surface area contributed by atoms with E-state index in [2.05, 4.69) is 0 Å². The smallest absolute Gasteiger partial charge is 0.253 e. The van der Waals surface area contributed by atoms with Crippen molar-refractivity contribution in [1.82, 2.24) is 0 Å². The van der Waals surface area contributed by atoms with Gasteiger partial charge < -0.3 is 14.7 Å². The average molecular weight is 263 g/mol. The van der Waals surface area contributed by atoms with Crippen molar-refractivity contribution >= 4 is 17.4 Å². The van der Waals surface area contributed by atoms with Gasteiger partial charge in [-0.15, -0.1) is 0 Å². The molecule has 1 aliphatic rings. The molecular weight excluding hydrogens is 246 g/mol. The van der Waals surface area contributed by atoms with Crippen molar-refractivity contribution in [1.29, 1.82) is 0 Å². The summed E-state index contributed by atoms with van der Waals surface area (Å²) >= 11 is 0. The average Bonchev–Trinajstić information content (AvgIpc) is 2.39. The summed E-state index contributed by atoms with van der Waals surface area (Å²) in [6, 6.07) is 6.76. The van der Waals surface area contributed by atoms with Crippen molar-refractivity contribution in [3.8, 4) is 0 Å². The van der Waals surface area contributed by atoms with Gasteiger partial charge in [0.15, 0.2) is 5.78 Å². The number of nitrogens with zero attached hydrogens (tertiary/aromatic N) is 1. The van der Waals surface area contributed by atoms with Crippen molar-refractivity contribution in [2.45, 2.75) is 19.4 Å². The molecule has 1 unspecified atom stereocenters. The van der Waals surface area contributed by atoms with Crippen molar-refractivity contribution in [2.75, 3.05) is 24.7 Å². The standard InChI is InChI=1S/C14H17NO4/c1-10(17)11-2-4-12(5-3-11)15-13(6-7-16)8-19-9-14(15)18/h2-5,13,16H,6-9H2,1H3. The highest BCUT2D eigenvalue weighted by atomic mass is 16.5. The minimum absolute atomic E-state index is 0.00331. The Balaban J connectivity index is 2.25. The van der Waals surface area contributed by atoms with Crippen LogP contribution in [0.1, 0.15) is 23.7 Å². The lowest BCUT2D eigenvalue weighted by molar-refractivity contribution is -0.127. The van der Waals surface area contributed by atoms with Gasteiger partial charge in [-0.05, 0) is 37.6 Å². The minimum atomic E-state index is -0.158. The molecule has 0 bridgehead atoms. The number of ketones is 1. The molecule has 0 aliphatic carbocycles. The molecule has 0 radical (unpaired) electrons. The molecule has 102 valence electrons. The maximum Gasteiger partial charge on any atom is 0.253 e. The molecule has 19 heavy (non-hydrogen) atoms. The van der Waals surface area contributed by atoms with Crippen LogP contribution in [0, 0.1) is 0 Å². The molecule has 0 spiro atoms. The lowest BCUT2D eigenvalue weighted by atomic mass is 10.1. The normalized spacial score (nSPS) is 19.6. The number of aliphatic hydroxyl groups excluding tert-OH is 1. The van der Waals surface area contributed by atoms with Gasteiger partial charge >= 0.3 is 0 Å². The van der Waals surface area contributed by atoms with Crippen molar-refractivity contribution in [2.24, 2.45) is 0 Å². The molecule has 1 fully saturated rings. The van der Waals surface area contributed by atoms with Gasteiger partial charge in [0.05, 0.1) is 12.6 Å². The summed E-state index contributed by atoms with van der Waals surface area (Å²) in [6.45, 7) is 1.98. The lowest BCUT2D eigenvalue weighted by Gasteiger charge is -2.35. The fourth-order valence-corrected chi connectivity index (χ4v) is 2.20. The van der Waals surface area contributed by atoms with Gasteiger partial charge in [0, 0.05) is 17.9 Å². The van der Waals surface area contributed by atoms with Gasteiger partial charge in [0.25, 0.3) is 5.91 Å². The van der Waals surface area contributed by atoms with Crippen LogP contribution in [0.2, 0.25) is 0 Å². The Morgan fingerprint density at radius 1 is 1.42 bits per heavy atom. The maximum atomic E-state index is 12.0. The van der Waals surface area contributed by atoms with Gasteiger partial charge in [0.1, 0.15) is 6.61 Å². The highest BCUT2D eigenvalue weighted by Gasteiger charge is 2.29. The van der Waals surface area contributed by atoms with Crippen molar-refractivity contribution < 1.29 is 19.4 Å². The Labute approximate surface area is 111 Å². The van der Waals surface area contributed by atoms with Crippen molar-refractivity contribution in [3.63, 3.8) is 0 Å². The molecule has 5 heteroatoms. The SMILES string of the molecule is CC(=O)c1ccc(N2C(=O)COCC2CCO)cc1. The molecule has 5 nitrogen and oxygen atoms in total. The highest BCUT2D eigenvalue weighted by Crippen LogP contribution is 2.22. The first kappa shape index (κ1) is 13.7. The summed E-state index contributed by atoms with van der Waals surface area (Å²) in [7, 11) is 0. The largest absolute Gasteiger partial charge is 0.396 e. The number of amides is 1. The molecule has 1 atom stereocenters. The Hall–Kier alpha value is -1.72. The zero-order chi connectivity index (χ0) is 13.8. The molecule has 1 aromatic rings. The molecule has 1 aliphatic heterocycles. The minimum Gasteiger partial charge on any atom is -0.396 e. The van der Waals surface area contributed by atoms with E-state index in [4.69, 9.17) is 9.84 Å².